The molecule has 0 aliphatic carbocycles. The summed E-state index contributed by atoms with van der Waals surface area (Å²) in [5, 5.41) is 2.72. The molecule has 0 spiro atoms. The first-order valence-electron chi connectivity index (χ1n) is 6.69. The molecule has 0 radical (unpaired) electrons. The van der Waals surface area contributed by atoms with E-state index in [2.05, 4.69) is 10.3 Å². The Morgan fingerprint density at radius 1 is 1.48 bits per heavy atom. The molecule has 7 heteroatoms. The predicted molar refractivity (Wildman–Crippen MR) is 77.2 cm³/mol. The lowest BCUT2D eigenvalue weighted by molar-refractivity contribution is -0.123. The van der Waals surface area contributed by atoms with Gasteiger partial charge in [-0.05, 0) is 25.5 Å². The predicted octanol–water partition coefficient (Wildman–Crippen LogP) is 3.14. The van der Waals surface area contributed by atoms with E-state index in [9.17, 15) is 13.6 Å². The maximum absolute atomic E-state index is 14.1. The first kappa shape index (κ1) is 15.7. The molecule has 1 heterocycles. The van der Waals surface area contributed by atoms with Gasteiger partial charge in [0.15, 0.2) is 11.6 Å². The number of hydrogen-bond donors (Lipinski definition) is 1. The van der Waals surface area contributed by atoms with Crippen LogP contribution in [0.1, 0.15) is 32.1 Å². The number of hydrogen-bond acceptors (Lipinski definition) is 2. The minimum Gasteiger partial charge on any atom is -0.354 e. The highest BCUT2D eigenvalue weighted by Gasteiger charge is 2.24. The van der Waals surface area contributed by atoms with Gasteiger partial charge in [0.25, 0.3) is 0 Å². The molecule has 1 aromatic carbocycles. The van der Waals surface area contributed by atoms with E-state index < -0.39 is 17.7 Å². The number of aromatic nitrogens is 2. The lowest BCUT2D eigenvalue weighted by atomic mass is 10.2. The van der Waals surface area contributed by atoms with Gasteiger partial charge in [0.1, 0.15) is 17.4 Å². The van der Waals surface area contributed by atoms with Crippen molar-refractivity contribution >= 4 is 28.5 Å². The van der Waals surface area contributed by atoms with Crippen molar-refractivity contribution in [3.8, 4) is 0 Å². The van der Waals surface area contributed by atoms with Gasteiger partial charge in [0.05, 0.1) is 11.4 Å². The number of halogens is 3. The minimum atomic E-state index is -1.02. The first-order valence-corrected chi connectivity index (χ1v) is 7.23. The van der Waals surface area contributed by atoms with Crippen molar-refractivity contribution in [2.75, 3.05) is 6.54 Å². The average Bonchev–Trinajstić information content (AvgIpc) is 2.87. The number of carbonyl (C=O) groups is 1. The van der Waals surface area contributed by atoms with Crippen molar-refractivity contribution in [3.05, 3.63) is 29.6 Å². The number of carbonyl (C=O) groups excluding carboxylic acids is 1. The van der Waals surface area contributed by atoms with E-state index in [1.54, 1.807) is 6.92 Å². The Balaban J connectivity index is 2.55. The van der Waals surface area contributed by atoms with Crippen molar-refractivity contribution < 1.29 is 13.6 Å². The first-order chi connectivity index (χ1) is 10.0. The maximum Gasteiger partial charge on any atom is 0.242 e. The Morgan fingerprint density at radius 2 is 2.19 bits per heavy atom. The van der Waals surface area contributed by atoms with Crippen LogP contribution >= 0.6 is 11.6 Å². The van der Waals surface area contributed by atoms with Crippen molar-refractivity contribution in [2.24, 2.45) is 0 Å². The van der Waals surface area contributed by atoms with Gasteiger partial charge in [-0.15, -0.1) is 11.6 Å². The van der Waals surface area contributed by atoms with Gasteiger partial charge >= 0.3 is 0 Å². The maximum atomic E-state index is 14.1. The van der Waals surface area contributed by atoms with Crippen molar-refractivity contribution in [3.63, 3.8) is 0 Å². The van der Waals surface area contributed by atoms with Crippen LogP contribution in [0.4, 0.5) is 8.78 Å². The zero-order chi connectivity index (χ0) is 15.6. The molecule has 2 rings (SSSR count). The number of fused-ring (bicyclic) bond motifs is 1. The summed E-state index contributed by atoms with van der Waals surface area (Å²) in [4.78, 5) is 16.3. The number of alkyl halides is 1. The lowest BCUT2D eigenvalue weighted by Gasteiger charge is -2.17. The van der Waals surface area contributed by atoms with Gasteiger partial charge in [-0.1, -0.05) is 6.92 Å². The summed E-state index contributed by atoms with van der Waals surface area (Å²) in [5.41, 5.74) is 0.240. The Kier molecular flexibility index (Phi) is 4.77. The second-order valence-electron chi connectivity index (χ2n) is 4.73. The van der Waals surface area contributed by atoms with E-state index >= 15 is 0 Å². The van der Waals surface area contributed by atoms with Crippen LogP contribution in [0.3, 0.4) is 0 Å². The third-order valence-electron chi connectivity index (χ3n) is 3.25. The molecule has 0 saturated carbocycles. The summed E-state index contributed by atoms with van der Waals surface area (Å²) in [5.74, 6) is -1.96. The van der Waals surface area contributed by atoms with Crippen LogP contribution in [0.25, 0.3) is 11.0 Å². The summed E-state index contributed by atoms with van der Waals surface area (Å²) in [7, 11) is 0. The summed E-state index contributed by atoms with van der Waals surface area (Å²) >= 11 is 5.82. The lowest BCUT2D eigenvalue weighted by Crippen LogP contribution is -2.32. The van der Waals surface area contributed by atoms with Crippen LogP contribution in [0.15, 0.2) is 12.1 Å². The SMILES string of the molecule is CCCNC(=O)C(C)n1c(CCl)nc2ccc(F)c(F)c21. The molecule has 1 aromatic heterocycles. The molecule has 21 heavy (non-hydrogen) atoms. The van der Waals surface area contributed by atoms with Crippen LogP contribution in [0, 0.1) is 11.6 Å². The van der Waals surface area contributed by atoms with E-state index in [0.29, 0.717) is 12.4 Å². The fourth-order valence-corrected chi connectivity index (χ4v) is 2.38. The molecule has 1 amide bonds. The molecule has 0 aliphatic heterocycles. The van der Waals surface area contributed by atoms with Gasteiger partial charge in [-0.3, -0.25) is 4.79 Å². The molecule has 0 fully saturated rings. The molecule has 0 bridgehead atoms. The molecule has 4 nitrogen and oxygen atoms in total. The number of imidazole rings is 1. The number of benzene rings is 1. The molecule has 1 atom stereocenters. The van der Waals surface area contributed by atoms with Gasteiger partial charge in [-0.25, -0.2) is 13.8 Å². The highest BCUT2D eigenvalue weighted by atomic mass is 35.5. The summed E-state index contributed by atoms with van der Waals surface area (Å²) in [6, 6.07) is 1.65. The van der Waals surface area contributed by atoms with Crippen molar-refractivity contribution in [1.82, 2.24) is 14.9 Å². The number of amides is 1. The number of nitrogens with zero attached hydrogens (tertiary/aromatic N) is 2. The molecule has 0 saturated heterocycles. The fourth-order valence-electron chi connectivity index (χ4n) is 2.20. The molecule has 1 unspecified atom stereocenters. The van der Waals surface area contributed by atoms with Crippen LogP contribution < -0.4 is 5.32 Å². The van der Waals surface area contributed by atoms with Gasteiger partial charge < -0.3 is 9.88 Å². The summed E-state index contributed by atoms with van der Waals surface area (Å²) in [6.45, 7) is 4.05. The Bertz CT molecular complexity index is 672. The summed E-state index contributed by atoms with van der Waals surface area (Å²) < 4.78 is 28.9. The standard InChI is InChI=1S/C14H16ClF2N3O/c1-3-6-18-14(21)8(2)20-11(7-15)19-10-5-4-9(16)12(17)13(10)20/h4-5,8H,3,6-7H2,1-2H3,(H,18,21). The molecule has 0 aliphatic rings. The van der Waals surface area contributed by atoms with Gasteiger partial charge in [0, 0.05) is 6.54 Å². The molecule has 1 N–H and O–H groups in total. The highest BCUT2D eigenvalue weighted by molar-refractivity contribution is 6.17. The monoisotopic (exact) mass is 315 g/mol. The minimum absolute atomic E-state index is 0.00113. The normalized spacial score (nSPS) is 12.6. The summed E-state index contributed by atoms with van der Waals surface area (Å²) in [6.07, 6.45) is 0.786. The van der Waals surface area contributed by atoms with E-state index in [1.807, 2.05) is 6.92 Å². The molecule has 114 valence electrons. The quantitative estimate of drug-likeness (QED) is 0.862. The average molecular weight is 316 g/mol. The van der Waals surface area contributed by atoms with Crippen LogP contribution in [0.5, 0.6) is 0 Å². The smallest absolute Gasteiger partial charge is 0.242 e. The third kappa shape index (κ3) is 2.85. The zero-order valence-corrected chi connectivity index (χ0v) is 12.5. The van der Waals surface area contributed by atoms with Gasteiger partial charge in [-0.2, -0.15) is 0 Å². The largest absolute Gasteiger partial charge is 0.354 e. The van der Waals surface area contributed by atoms with E-state index in [4.69, 9.17) is 11.6 Å². The van der Waals surface area contributed by atoms with Crippen LogP contribution in [-0.2, 0) is 10.7 Å². The van der Waals surface area contributed by atoms with Crippen LogP contribution in [-0.4, -0.2) is 22.0 Å². The second-order valence-corrected chi connectivity index (χ2v) is 5.00. The van der Waals surface area contributed by atoms with Crippen molar-refractivity contribution in [2.45, 2.75) is 32.2 Å². The zero-order valence-electron chi connectivity index (χ0n) is 11.8. The third-order valence-corrected chi connectivity index (χ3v) is 3.49. The van der Waals surface area contributed by atoms with Gasteiger partial charge in [0.2, 0.25) is 5.91 Å². The van der Waals surface area contributed by atoms with Crippen molar-refractivity contribution in [1.29, 1.82) is 0 Å². The van der Waals surface area contributed by atoms with E-state index in [1.165, 1.54) is 10.6 Å². The highest BCUT2D eigenvalue weighted by Crippen LogP contribution is 2.26. The molecule has 2 aromatic rings. The molecular weight excluding hydrogens is 300 g/mol. The fraction of sp³-hybridized carbons (Fsp3) is 0.429. The molecular formula is C14H16ClF2N3O. The van der Waals surface area contributed by atoms with E-state index in [-0.39, 0.29) is 22.8 Å². The van der Waals surface area contributed by atoms with Crippen LogP contribution in [0.2, 0.25) is 0 Å². The topological polar surface area (TPSA) is 46.9 Å². The van der Waals surface area contributed by atoms with E-state index in [0.717, 1.165) is 12.5 Å². The Hall–Kier alpha value is -1.69. The Morgan fingerprint density at radius 3 is 2.81 bits per heavy atom. The number of nitrogens with one attached hydrogen (secondary N) is 1. The Labute approximate surface area is 126 Å². The number of rotatable bonds is 5. The second kappa shape index (κ2) is 6.39.